The van der Waals surface area contributed by atoms with E-state index in [0.717, 1.165) is 21.9 Å². The normalized spacial score (nSPS) is 11.0. The molecule has 23 heavy (non-hydrogen) atoms. The van der Waals surface area contributed by atoms with Gasteiger partial charge in [-0.25, -0.2) is 4.98 Å². The molecule has 4 aromatic rings. The summed E-state index contributed by atoms with van der Waals surface area (Å²) in [5.74, 6) is 0.0161. The number of imidazole rings is 1. The van der Waals surface area contributed by atoms with Crippen molar-refractivity contribution in [1.82, 2.24) is 9.38 Å². The maximum Gasteiger partial charge on any atom is 0.291 e. The fourth-order valence-corrected chi connectivity index (χ4v) is 3.24. The molecule has 0 saturated heterocycles. The zero-order valence-corrected chi connectivity index (χ0v) is 13.1. The molecule has 0 fully saturated rings. The molecule has 0 saturated carbocycles. The van der Waals surface area contributed by atoms with Gasteiger partial charge in [0.2, 0.25) is 0 Å². The highest BCUT2D eigenvalue weighted by atomic mass is 32.1. The second-order valence-electron chi connectivity index (χ2n) is 5.17. The number of hydrogen-bond donors (Lipinski definition) is 1. The van der Waals surface area contributed by atoms with Crippen LogP contribution in [0, 0.1) is 6.92 Å². The summed E-state index contributed by atoms with van der Waals surface area (Å²) in [6.07, 6.45) is 3.49. The fourth-order valence-electron chi connectivity index (χ4n) is 2.39. The maximum absolute atomic E-state index is 12.0. The highest BCUT2D eigenvalue weighted by molar-refractivity contribution is 7.15. The van der Waals surface area contributed by atoms with Crippen molar-refractivity contribution in [3.05, 3.63) is 65.7 Å². The van der Waals surface area contributed by atoms with Crippen LogP contribution in [0.25, 0.3) is 16.2 Å². The van der Waals surface area contributed by atoms with Gasteiger partial charge in [-0.1, -0.05) is 12.1 Å². The lowest BCUT2D eigenvalue weighted by atomic mass is 10.1. The lowest BCUT2D eigenvalue weighted by Gasteiger charge is -2.04. The summed E-state index contributed by atoms with van der Waals surface area (Å²) < 4.78 is 7.16. The minimum atomic E-state index is -0.270. The van der Waals surface area contributed by atoms with Gasteiger partial charge in [0.15, 0.2) is 10.7 Å². The van der Waals surface area contributed by atoms with Gasteiger partial charge in [-0.05, 0) is 31.2 Å². The molecule has 4 rings (SSSR count). The van der Waals surface area contributed by atoms with Gasteiger partial charge in [0.05, 0.1) is 12.0 Å². The molecular weight excluding hydrogens is 310 g/mol. The third-order valence-corrected chi connectivity index (χ3v) is 4.51. The number of aromatic nitrogens is 2. The molecule has 5 nitrogen and oxygen atoms in total. The van der Waals surface area contributed by atoms with Gasteiger partial charge < -0.3 is 9.73 Å². The minimum Gasteiger partial charge on any atom is -0.459 e. The highest BCUT2D eigenvalue weighted by Crippen LogP contribution is 2.25. The van der Waals surface area contributed by atoms with Crippen LogP contribution in [-0.4, -0.2) is 15.3 Å². The molecule has 3 aromatic heterocycles. The first-order chi connectivity index (χ1) is 11.2. The van der Waals surface area contributed by atoms with E-state index in [-0.39, 0.29) is 11.7 Å². The Hall–Kier alpha value is -2.86. The summed E-state index contributed by atoms with van der Waals surface area (Å²) in [6.45, 7) is 2.05. The summed E-state index contributed by atoms with van der Waals surface area (Å²) in [5, 5.41) is 4.90. The van der Waals surface area contributed by atoms with Crippen LogP contribution in [0.15, 0.2) is 58.7 Å². The van der Waals surface area contributed by atoms with Crippen LogP contribution in [0.4, 0.5) is 5.69 Å². The standard InChI is InChI=1S/C17H13N3O2S/c1-11-10-23-17-19-14(9-20(11)17)12-4-2-5-13(8-12)18-16(21)15-6-3-7-22-15/h2-10H,1H3,(H,18,21). The number of amides is 1. The van der Waals surface area contributed by atoms with Crippen molar-refractivity contribution < 1.29 is 9.21 Å². The lowest BCUT2D eigenvalue weighted by molar-refractivity contribution is 0.0996. The van der Waals surface area contributed by atoms with E-state index in [0.29, 0.717) is 5.69 Å². The summed E-state index contributed by atoms with van der Waals surface area (Å²) in [5.41, 5.74) is 3.70. The molecular formula is C17H13N3O2S. The Morgan fingerprint density at radius 2 is 2.22 bits per heavy atom. The number of nitrogens with one attached hydrogen (secondary N) is 1. The molecule has 3 heterocycles. The number of fused-ring (bicyclic) bond motifs is 1. The Labute approximate surface area is 136 Å². The van der Waals surface area contributed by atoms with Crippen molar-refractivity contribution in [2.45, 2.75) is 6.92 Å². The van der Waals surface area contributed by atoms with Crippen LogP contribution >= 0.6 is 11.3 Å². The van der Waals surface area contributed by atoms with E-state index in [2.05, 4.69) is 27.0 Å². The molecule has 1 N–H and O–H groups in total. The molecule has 0 aliphatic heterocycles. The van der Waals surface area contributed by atoms with Gasteiger partial charge in [0.1, 0.15) is 0 Å². The predicted octanol–water partition coefficient (Wildman–Crippen LogP) is 4.22. The summed E-state index contributed by atoms with van der Waals surface area (Å²) in [6, 6.07) is 10.9. The molecule has 1 amide bonds. The van der Waals surface area contributed by atoms with Crippen LogP contribution in [0.3, 0.4) is 0 Å². The van der Waals surface area contributed by atoms with E-state index in [9.17, 15) is 4.79 Å². The number of anilines is 1. The SMILES string of the molecule is Cc1csc2nc(-c3cccc(NC(=O)c4ccco4)c3)cn12. The zero-order chi connectivity index (χ0) is 15.8. The number of benzene rings is 1. The van der Waals surface area contributed by atoms with Crippen molar-refractivity contribution in [3.63, 3.8) is 0 Å². The third-order valence-electron chi connectivity index (χ3n) is 3.55. The number of carbonyl (C=O) groups excluding carboxylic acids is 1. The number of rotatable bonds is 3. The van der Waals surface area contributed by atoms with Gasteiger partial charge in [0, 0.05) is 28.5 Å². The molecule has 0 unspecified atom stereocenters. The smallest absolute Gasteiger partial charge is 0.291 e. The molecule has 0 atom stereocenters. The number of aryl methyl sites for hydroxylation is 1. The average molecular weight is 323 g/mol. The Kier molecular flexibility index (Phi) is 3.24. The summed E-state index contributed by atoms with van der Waals surface area (Å²) >= 11 is 1.61. The van der Waals surface area contributed by atoms with Gasteiger partial charge in [-0.2, -0.15) is 0 Å². The van der Waals surface area contributed by atoms with Crippen molar-refractivity contribution in [2.75, 3.05) is 5.32 Å². The van der Waals surface area contributed by atoms with Crippen molar-refractivity contribution in [3.8, 4) is 11.3 Å². The molecule has 0 aliphatic rings. The van der Waals surface area contributed by atoms with Crippen LogP contribution in [-0.2, 0) is 0 Å². The monoisotopic (exact) mass is 323 g/mol. The van der Waals surface area contributed by atoms with E-state index < -0.39 is 0 Å². The fraction of sp³-hybridized carbons (Fsp3) is 0.0588. The van der Waals surface area contributed by atoms with Crippen LogP contribution in [0.5, 0.6) is 0 Å². The first-order valence-electron chi connectivity index (χ1n) is 7.09. The number of nitrogens with zero attached hydrogens (tertiary/aromatic N) is 2. The van der Waals surface area contributed by atoms with Crippen LogP contribution < -0.4 is 5.32 Å². The molecule has 114 valence electrons. The summed E-state index contributed by atoms with van der Waals surface area (Å²) in [7, 11) is 0. The first kappa shape index (κ1) is 13.8. The number of hydrogen-bond acceptors (Lipinski definition) is 4. The van der Waals surface area contributed by atoms with Gasteiger partial charge >= 0.3 is 0 Å². The second-order valence-corrected chi connectivity index (χ2v) is 6.00. The van der Waals surface area contributed by atoms with Gasteiger partial charge in [-0.15, -0.1) is 11.3 Å². The molecule has 6 heteroatoms. The molecule has 0 radical (unpaired) electrons. The largest absolute Gasteiger partial charge is 0.459 e. The summed E-state index contributed by atoms with van der Waals surface area (Å²) in [4.78, 5) is 17.6. The Morgan fingerprint density at radius 1 is 1.30 bits per heavy atom. The van der Waals surface area contributed by atoms with Crippen molar-refractivity contribution >= 4 is 27.9 Å². The Bertz CT molecular complexity index is 983. The van der Waals surface area contributed by atoms with Crippen LogP contribution in [0.2, 0.25) is 0 Å². The number of carbonyl (C=O) groups is 1. The molecule has 1 aromatic carbocycles. The lowest BCUT2D eigenvalue weighted by Crippen LogP contribution is -2.10. The molecule has 0 spiro atoms. The number of thiazole rings is 1. The first-order valence-corrected chi connectivity index (χ1v) is 7.97. The molecule has 0 aliphatic carbocycles. The highest BCUT2D eigenvalue weighted by Gasteiger charge is 2.11. The van der Waals surface area contributed by atoms with Gasteiger partial charge in [-0.3, -0.25) is 9.20 Å². The van der Waals surface area contributed by atoms with E-state index in [1.165, 1.54) is 6.26 Å². The van der Waals surface area contributed by atoms with E-state index in [1.807, 2.05) is 30.5 Å². The van der Waals surface area contributed by atoms with Crippen LogP contribution in [0.1, 0.15) is 16.2 Å². The Balaban J connectivity index is 1.64. The predicted molar refractivity (Wildman–Crippen MR) is 89.9 cm³/mol. The topological polar surface area (TPSA) is 59.5 Å². The Morgan fingerprint density at radius 3 is 3.00 bits per heavy atom. The number of furan rings is 1. The second kappa shape index (κ2) is 5.40. The maximum atomic E-state index is 12.0. The van der Waals surface area contributed by atoms with Crippen molar-refractivity contribution in [1.29, 1.82) is 0 Å². The van der Waals surface area contributed by atoms with E-state index >= 15 is 0 Å². The van der Waals surface area contributed by atoms with E-state index in [1.54, 1.807) is 23.5 Å². The quantitative estimate of drug-likeness (QED) is 0.614. The van der Waals surface area contributed by atoms with Gasteiger partial charge in [0.25, 0.3) is 5.91 Å². The third kappa shape index (κ3) is 2.53. The van der Waals surface area contributed by atoms with Crippen molar-refractivity contribution in [2.24, 2.45) is 0 Å². The van der Waals surface area contributed by atoms with E-state index in [4.69, 9.17) is 4.42 Å². The minimum absolute atomic E-state index is 0.270. The zero-order valence-electron chi connectivity index (χ0n) is 12.3. The molecule has 0 bridgehead atoms. The average Bonchev–Trinajstić information content (AvgIpc) is 3.26.